The summed E-state index contributed by atoms with van der Waals surface area (Å²) in [4.78, 5) is 40.5. The quantitative estimate of drug-likeness (QED) is 0.429. The normalized spacial score (nSPS) is 17.2. The lowest BCUT2D eigenvalue weighted by Gasteiger charge is -2.34. The molecule has 2 aliphatic rings. The number of nitrogens with zero attached hydrogens (tertiary/aromatic N) is 3. The van der Waals surface area contributed by atoms with Gasteiger partial charge in [0, 0.05) is 49.3 Å². The maximum absolute atomic E-state index is 12.7. The van der Waals surface area contributed by atoms with E-state index in [-0.39, 0.29) is 23.3 Å². The second-order valence-corrected chi connectivity index (χ2v) is 7.95. The minimum absolute atomic E-state index is 0.00247. The molecule has 7 nitrogen and oxygen atoms in total. The Morgan fingerprint density at radius 3 is 2.20 bits per heavy atom. The number of carbonyl (C=O) groups is 2. The number of rotatable bonds is 5. The Morgan fingerprint density at radius 2 is 1.57 bits per heavy atom. The zero-order valence-electron chi connectivity index (χ0n) is 16.8. The van der Waals surface area contributed by atoms with Gasteiger partial charge in [-0.25, -0.2) is 0 Å². The second-order valence-electron chi connectivity index (χ2n) is 7.95. The van der Waals surface area contributed by atoms with Crippen molar-refractivity contribution in [2.24, 2.45) is 5.92 Å². The molecule has 0 aliphatic carbocycles. The SMILES string of the molecule is O=C(c1ccccc1)c1ccc(N2CCC(C(=O)N3CCCC3)CC2)c([N+](=O)[O-])c1. The number of anilines is 1. The van der Waals surface area contributed by atoms with Crippen LogP contribution in [0.4, 0.5) is 11.4 Å². The van der Waals surface area contributed by atoms with Crippen LogP contribution in [0.5, 0.6) is 0 Å². The molecule has 0 aromatic heterocycles. The summed E-state index contributed by atoms with van der Waals surface area (Å²) in [5.74, 6) is -0.0111. The van der Waals surface area contributed by atoms with Gasteiger partial charge in [0.05, 0.1) is 4.92 Å². The van der Waals surface area contributed by atoms with Crippen molar-refractivity contribution < 1.29 is 14.5 Å². The lowest BCUT2D eigenvalue weighted by Crippen LogP contribution is -2.41. The molecular weight excluding hydrogens is 382 g/mol. The molecule has 0 unspecified atom stereocenters. The van der Waals surface area contributed by atoms with Crippen LogP contribution in [0.25, 0.3) is 0 Å². The molecule has 0 spiro atoms. The van der Waals surface area contributed by atoms with E-state index in [1.807, 2.05) is 15.9 Å². The van der Waals surface area contributed by atoms with Crippen LogP contribution in [0, 0.1) is 16.0 Å². The van der Waals surface area contributed by atoms with E-state index >= 15 is 0 Å². The molecule has 0 N–H and O–H groups in total. The summed E-state index contributed by atoms with van der Waals surface area (Å²) < 4.78 is 0. The smallest absolute Gasteiger partial charge is 0.293 e. The number of nitro benzene ring substituents is 1. The molecule has 7 heteroatoms. The maximum atomic E-state index is 12.7. The third kappa shape index (κ3) is 4.06. The van der Waals surface area contributed by atoms with Gasteiger partial charge in [0.25, 0.3) is 5.69 Å². The molecule has 2 saturated heterocycles. The van der Waals surface area contributed by atoms with Crippen LogP contribution >= 0.6 is 0 Å². The predicted molar refractivity (Wildman–Crippen MR) is 114 cm³/mol. The van der Waals surface area contributed by atoms with Crippen LogP contribution < -0.4 is 4.90 Å². The van der Waals surface area contributed by atoms with Crippen LogP contribution in [0.2, 0.25) is 0 Å². The lowest BCUT2D eigenvalue weighted by molar-refractivity contribution is -0.384. The molecule has 2 fully saturated rings. The van der Waals surface area contributed by atoms with Crippen LogP contribution in [-0.4, -0.2) is 47.7 Å². The molecule has 2 aliphatic heterocycles. The van der Waals surface area contributed by atoms with E-state index in [9.17, 15) is 19.7 Å². The van der Waals surface area contributed by atoms with Gasteiger partial charge in [-0.1, -0.05) is 30.3 Å². The van der Waals surface area contributed by atoms with E-state index in [1.165, 1.54) is 6.07 Å². The Labute approximate surface area is 175 Å². The molecule has 2 aromatic rings. The summed E-state index contributed by atoms with van der Waals surface area (Å²) in [5.41, 5.74) is 1.24. The van der Waals surface area contributed by atoms with Gasteiger partial charge in [-0.05, 0) is 37.8 Å². The fourth-order valence-corrected chi connectivity index (χ4v) is 4.40. The summed E-state index contributed by atoms with van der Waals surface area (Å²) in [7, 11) is 0. The van der Waals surface area contributed by atoms with Crippen LogP contribution in [-0.2, 0) is 4.79 Å². The van der Waals surface area contributed by atoms with Crippen LogP contribution in [0.3, 0.4) is 0 Å². The number of benzene rings is 2. The lowest BCUT2D eigenvalue weighted by atomic mass is 9.94. The number of amides is 1. The molecule has 30 heavy (non-hydrogen) atoms. The first-order valence-electron chi connectivity index (χ1n) is 10.5. The molecule has 0 atom stereocenters. The van der Waals surface area contributed by atoms with E-state index in [2.05, 4.69) is 0 Å². The van der Waals surface area contributed by atoms with Crippen molar-refractivity contribution in [3.8, 4) is 0 Å². The van der Waals surface area contributed by atoms with E-state index in [4.69, 9.17) is 0 Å². The fourth-order valence-electron chi connectivity index (χ4n) is 4.40. The highest BCUT2D eigenvalue weighted by Gasteiger charge is 2.32. The Hall–Kier alpha value is -3.22. The second kappa shape index (κ2) is 8.65. The van der Waals surface area contributed by atoms with Gasteiger partial charge in [-0.15, -0.1) is 0 Å². The van der Waals surface area contributed by atoms with Crippen molar-refractivity contribution >= 4 is 23.1 Å². The summed E-state index contributed by atoms with van der Waals surface area (Å²) in [6.45, 7) is 2.89. The highest BCUT2D eigenvalue weighted by Crippen LogP contribution is 2.33. The number of ketones is 1. The standard InChI is InChI=1S/C23H25N3O4/c27-22(17-6-2-1-3-7-17)19-8-9-20(21(16-19)26(29)30)24-14-10-18(11-15-24)23(28)25-12-4-5-13-25/h1-3,6-9,16,18H,4-5,10-15H2. The van der Waals surface area contributed by atoms with Crippen molar-refractivity contribution in [1.82, 2.24) is 4.90 Å². The monoisotopic (exact) mass is 407 g/mol. The summed E-state index contributed by atoms with van der Waals surface area (Å²) in [6.07, 6.45) is 3.53. The number of likely N-dealkylation sites (tertiary alicyclic amines) is 1. The maximum Gasteiger partial charge on any atom is 0.293 e. The Morgan fingerprint density at radius 1 is 0.900 bits per heavy atom. The van der Waals surface area contributed by atoms with Crippen molar-refractivity contribution in [2.75, 3.05) is 31.1 Å². The van der Waals surface area contributed by atoms with Gasteiger partial charge in [-0.2, -0.15) is 0 Å². The number of carbonyl (C=O) groups excluding carboxylic acids is 2. The zero-order chi connectivity index (χ0) is 21.1. The average molecular weight is 407 g/mol. The number of piperidine rings is 1. The van der Waals surface area contributed by atoms with Crippen molar-refractivity contribution in [3.05, 3.63) is 69.8 Å². The first-order valence-corrected chi connectivity index (χ1v) is 10.5. The molecule has 1 amide bonds. The molecule has 2 heterocycles. The minimum atomic E-state index is -0.432. The average Bonchev–Trinajstić information content (AvgIpc) is 3.33. The van der Waals surface area contributed by atoms with Gasteiger partial charge in [0.2, 0.25) is 5.91 Å². The van der Waals surface area contributed by atoms with E-state index < -0.39 is 4.92 Å². The van der Waals surface area contributed by atoms with E-state index in [0.717, 1.165) is 25.9 Å². The topological polar surface area (TPSA) is 83.8 Å². The summed E-state index contributed by atoms with van der Waals surface area (Å²) in [6, 6.07) is 13.4. The molecule has 0 bridgehead atoms. The van der Waals surface area contributed by atoms with Gasteiger partial charge in [0.1, 0.15) is 5.69 Å². The Balaban J connectivity index is 1.50. The summed E-state index contributed by atoms with van der Waals surface area (Å²) in [5, 5.41) is 11.7. The predicted octanol–water partition coefficient (Wildman–Crippen LogP) is 3.66. The number of hydrogen-bond acceptors (Lipinski definition) is 5. The highest BCUT2D eigenvalue weighted by atomic mass is 16.6. The van der Waals surface area contributed by atoms with E-state index in [0.29, 0.717) is 42.7 Å². The third-order valence-corrected chi connectivity index (χ3v) is 6.07. The molecule has 156 valence electrons. The number of nitro groups is 1. The molecule has 0 saturated carbocycles. The van der Waals surface area contributed by atoms with Crippen molar-refractivity contribution in [2.45, 2.75) is 25.7 Å². The molecular formula is C23H25N3O4. The van der Waals surface area contributed by atoms with Gasteiger partial charge in [0.15, 0.2) is 5.78 Å². The van der Waals surface area contributed by atoms with E-state index in [1.54, 1.807) is 36.4 Å². The zero-order valence-corrected chi connectivity index (χ0v) is 16.8. The number of hydrogen-bond donors (Lipinski definition) is 0. The molecule has 4 rings (SSSR count). The summed E-state index contributed by atoms with van der Waals surface area (Å²) >= 11 is 0. The van der Waals surface area contributed by atoms with Gasteiger partial charge in [-0.3, -0.25) is 19.7 Å². The van der Waals surface area contributed by atoms with Crippen LogP contribution in [0.1, 0.15) is 41.6 Å². The largest absolute Gasteiger partial charge is 0.366 e. The Kier molecular flexibility index (Phi) is 5.79. The molecule has 0 radical (unpaired) electrons. The first kappa shape index (κ1) is 20.1. The molecule has 2 aromatic carbocycles. The Bertz CT molecular complexity index is 946. The first-order chi connectivity index (χ1) is 14.5. The van der Waals surface area contributed by atoms with Gasteiger partial charge >= 0.3 is 0 Å². The third-order valence-electron chi connectivity index (χ3n) is 6.07. The van der Waals surface area contributed by atoms with Crippen molar-refractivity contribution in [1.29, 1.82) is 0 Å². The van der Waals surface area contributed by atoms with Crippen LogP contribution in [0.15, 0.2) is 48.5 Å². The fraction of sp³-hybridized carbons (Fsp3) is 0.391. The highest BCUT2D eigenvalue weighted by molar-refractivity contribution is 6.09. The minimum Gasteiger partial charge on any atom is -0.366 e. The van der Waals surface area contributed by atoms with Crippen molar-refractivity contribution in [3.63, 3.8) is 0 Å². The van der Waals surface area contributed by atoms with Gasteiger partial charge < -0.3 is 9.80 Å².